The molecule has 0 saturated carbocycles. The molecule has 0 radical (unpaired) electrons. The number of anilines is 1. The van der Waals surface area contributed by atoms with Crippen molar-refractivity contribution in [1.29, 1.82) is 0 Å². The van der Waals surface area contributed by atoms with E-state index in [1.54, 1.807) is 20.3 Å². The first-order valence-electron chi connectivity index (χ1n) is 9.14. The Morgan fingerprint density at radius 1 is 1.03 bits per heavy atom. The largest absolute Gasteiger partial charge is 0.493 e. The molecule has 29 heavy (non-hydrogen) atoms. The Morgan fingerprint density at radius 3 is 2.38 bits per heavy atom. The highest BCUT2D eigenvalue weighted by atomic mass is 32.2. The van der Waals surface area contributed by atoms with Crippen LogP contribution in [0.25, 0.3) is 0 Å². The SMILES string of the molecule is CCCNS(=O)(=O)c1cc(C(=O)O)ccc1NCCc1ccc(OC)c(OC)c1. The third kappa shape index (κ3) is 5.85. The predicted molar refractivity (Wildman–Crippen MR) is 111 cm³/mol. The molecule has 0 heterocycles. The van der Waals surface area contributed by atoms with E-state index >= 15 is 0 Å². The minimum atomic E-state index is -3.84. The molecule has 0 aliphatic heterocycles. The van der Waals surface area contributed by atoms with Crippen LogP contribution < -0.4 is 19.5 Å². The van der Waals surface area contributed by atoms with E-state index in [2.05, 4.69) is 10.0 Å². The maximum Gasteiger partial charge on any atom is 0.335 e. The van der Waals surface area contributed by atoms with Gasteiger partial charge < -0.3 is 19.9 Å². The molecule has 2 aromatic carbocycles. The van der Waals surface area contributed by atoms with Gasteiger partial charge in [-0.1, -0.05) is 13.0 Å². The summed E-state index contributed by atoms with van der Waals surface area (Å²) in [4.78, 5) is 11.2. The first-order valence-corrected chi connectivity index (χ1v) is 10.6. The fourth-order valence-corrected chi connectivity index (χ4v) is 4.06. The van der Waals surface area contributed by atoms with Crippen LogP contribution in [0.15, 0.2) is 41.3 Å². The zero-order chi connectivity index (χ0) is 21.4. The number of rotatable bonds is 11. The topological polar surface area (TPSA) is 114 Å². The zero-order valence-electron chi connectivity index (χ0n) is 16.7. The first kappa shape index (κ1) is 22.5. The normalized spacial score (nSPS) is 11.1. The summed E-state index contributed by atoms with van der Waals surface area (Å²) in [6.07, 6.45) is 1.23. The number of sulfonamides is 1. The van der Waals surface area contributed by atoms with E-state index in [1.807, 2.05) is 19.1 Å². The Morgan fingerprint density at radius 2 is 1.76 bits per heavy atom. The lowest BCUT2D eigenvalue weighted by molar-refractivity contribution is 0.0696. The Bertz CT molecular complexity index is 959. The molecule has 0 unspecified atom stereocenters. The summed E-state index contributed by atoms with van der Waals surface area (Å²) in [5, 5.41) is 12.3. The second-order valence-corrected chi connectivity index (χ2v) is 8.02. The molecule has 0 aliphatic carbocycles. The zero-order valence-corrected chi connectivity index (χ0v) is 17.5. The third-order valence-electron chi connectivity index (χ3n) is 4.24. The second-order valence-electron chi connectivity index (χ2n) is 6.28. The van der Waals surface area contributed by atoms with Gasteiger partial charge in [-0.15, -0.1) is 0 Å². The lowest BCUT2D eigenvalue weighted by atomic mass is 10.1. The minimum Gasteiger partial charge on any atom is -0.493 e. The number of carbonyl (C=O) groups is 1. The summed E-state index contributed by atoms with van der Waals surface area (Å²) < 4.78 is 38.2. The maximum absolute atomic E-state index is 12.6. The highest BCUT2D eigenvalue weighted by Gasteiger charge is 2.20. The lowest BCUT2D eigenvalue weighted by Gasteiger charge is -2.14. The van der Waals surface area contributed by atoms with Gasteiger partial charge in [0.1, 0.15) is 4.90 Å². The molecule has 0 bridgehead atoms. The number of carboxylic acid groups (broad SMARTS) is 1. The molecule has 158 valence electrons. The van der Waals surface area contributed by atoms with Gasteiger partial charge in [-0.2, -0.15) is 0 Å². The number of nitrogens with one attached hydrogen (secondary N) is 2. The summed E-state index contributed by atoms with van der Waals surface area (Å²) in [5.74, 6) is 0.0560. The van der Waals surface area contributed by atoms with Crippen molar-refractivity contribution in [1.82, 2.24) is 4.72 Å². The van der Waals surface area contributed by atoms with Gasteiger partial charge in [0, 0.05) is 13.1 Å². The standard InChI is InChI=1S/C20H26N2O6S/c1-4-10-22-29(25,26)19-13-15(20(23)24)6-7-16(19)21-11-9-14-5-8-17(27-2)18(12-14)28-3/h5-8,12-13,21-22H,4,9-11H2,1-3H3,(H,23,24). The van der Waals surface area contributed by atoms with Crippen molar-refractivity contribution >= 4 is 21.7 Å². The fourth-order valence-electron chi connectivity index (χ4n) is 2.72. The van der Waals surface area contributed by atoms with Crippen LogP contribution in [0.5, 0.6) is 11.5 Å². The number of ether oxygens (including phenoxy) is 2. The van der Waals surface area contributed by atoms with Crippen molar-refractivity contribution in [2.75, 3.05) is 32.6 Å². The average Bonchev–Trinajstić information content (AvgIpc) is 2.72. The monoisotopic (exact) mass is 422 g/mol. The van der Waals surface area contributed by atoms with E-state index in [-0.39, 0.29) is 17.0 Å². The van der Waals surface area contributed by atoms with E-state index < -0.39 is 16.0 Å². The van der Waals surface area contributed by atoms with Crippen molar-refractivity contribution in [3.63, 3.8) is 0 Å². The number of benzene rings is 2. The molecule has 0 aromatic heterocycles. The molecule has 0 fully saturated rings. The Balaban J connectivity index is 2.21. The number of methoxy groups -OCH3 is 2. The summed E-state index contributed by atoms with van der Waals surface area (Å²) in [7, 11) is -0.712. The number of carboxylic acids is 1. The van der Waals surface area contributed by atoms with Gasteiger partial charge in [0.05, 0.1) is 25.5 Å². The quantitative estimate of drug-likeness (QED) is 0.510. The molecule has 0 amide bonds. The Labute approximate surface area is 170 Å². The van der Waals surface area contributed by atoms with Gasteiger partial charge in [0.15, 0.2) is 11.5 Å². The first-order chi connectivity index (χ1) is 13.8. The van der Waals surface area contributed by atoms with Gasteiger partial charge >= 0.3 is 5.97 Å². The van der Waals surface area contributed by atoms with E-state index in [1.165, 1.54) is 18.2 Å². The van der Waals surface area contributed by atoms with Crippen molar-refractivity contribution < 1.29 is 27.8 Å². The van der Waals surface area contributed by atoms with Crippen LogP contribution in [-0.2, 0) is 16.4 Å². The number of hydrogen-bond donors (Lipinski definition) is 3. The highest BCUT2D eigenvalue weighted by molar-refractivity contribution is 7.89. The average molecular weight is 423 g/mol. The van der Waals surface area contributed by atoms with Gasteiger partial charge in [-0.25, -0.2) is 17.9 Å². The van der Waals surface area contributed by atoms with Crippen molar-refractivity contribution in [3.05, 3.63) is 47.5 Å². The number of hydrogen-bond acceptors (Lipinski definition) is 6. The fraction of sp³-hybridized carbons (Fsp3) is 0.350. The van der Waals surface area contributed by atoms with Crippen LogP contribution >= 0.6 is 0 Å². The Kier molecular flexibility index (Phi) is 7.86. The minimum absolute atomic E-state index is 0.0850. The second kappa shape index (κ2) is 10.1. The molecule has 0 saturated heterocycles. The maximum atomic E-state index is 12.6. The Hall–Kier alpha value is -2.78. The van der Waals surface area contributed by atoms with Gasteiger partial charge in [-0.05, 0) is 48.7 Å². The summed E-state index contributed by atoms with van der Waals surface area (Å²) in [5.41, 5.74) is 1.23. The van der Waals surface area contributed by atoms with E-state index in [0.29, 0.717) is 36.6 Å². The van der Waals surface area contributed by atoms with Crippen LogP contribution in [0.1, 0.15) is 29.3 Å². The van der Waals surface area contributed by atoms with Crippen molar-refractivity contribution in [2.24, 2.45) is 0 Å². The van der Waals surface area contributed by atoms with Crippen LogP contribution in [0.3, 0.4) is 0 Å². The van der Waals surface area contributed by atoms with Crippen LogP contribution in [0, 0.1) is 0 Å². The highest BCUT2D eigenvalue weighted by Crippen LogP contribution is 2.28. The molecule has 8 nitrogen and oxygen atoms in total. The van der Waals surface area contributed by atoms with E-state index in [4.69, 9.17) is 9.47 Å². The van der Waals surface area contributed by atoms with Crippen molar-refractivity contribution in [3.8, 4) is 11.5 Å². The molecular weight excluding hydrogens is 396 g/mol. The lowest BCUT2D eigenvalue weighted by Crippen LogP contribution is -2.26. The molecule has 9 heteroatoms. The van der Waals surface area contributed by atoms with E-state index in [9.17, 15) is 18.3 Å². The van der Waals surface area contributed by atoms with Gasteiger partial charge in [0.25, 0.3) is 0 Å². The molecule has 3 N–H and O–H groups in total. The molecule has 2 rings (SSSR count). The van der Waals surface area contributed by atoms with Crippen LogP contribution in [0.4, 0.5) is 5.69 Å². The third-order valence-corrected chi connectivity index (χ3v) is 5.74. The molecular formula is C20H26N2O6S. The predicted octanol–water partition coefficient (Wildman–Crippen LogP) is 2.74. The smallest absolute Gasteiger partial charge is 0.335 e. The van der Waals surface area contributed by atoms with Crippen LogP contribution in [0.2, 0.25) is 0 Å². The molecule has 2 aromatic rings. The molecule has 0 spiro atoms. The molecule has 0 aliphatic rings. The van der Waals surface area contributed by atoms with E-state index in [0.717, 1.165) is 5.56 Å². The van der Waals surface area contributed by atoms with Gasteiger partial charge in [0.2, 0.25) is 10.0 Å². The molecule has 0 atom stereocenters. The summed E-state index contributed by atoms with van der Waals surface area (Å²) >= 11 is 0. The summed E-state index contributed by atoms with van der Waals surface area (Å²) in [6.45, 7) is 2.56. The number of aromatic carboxylic acids is 1. The van der Waals surface area contributed by atoms with Crippen molar-refractivity contribution in [2.45, 2.75) is 24.7 Å². The van der Waals surface area contributed by atoms with Gasteiger partial charge in [-0.3, -0.25) is 0 Å². The summed E-state index contributed by atoms with van der Waals surface area (Å²) in [6, 6.07) is 9.57. The van der Waals surface area contributed by atoms with Crippen LogP contribution in [-0.4, -0.2) is 46.8 Å².